The predicted octanol–water partition coefficient (Wildman–Crippen LogP) is 5.50. The largest absolute Gasteiger partial charge is 0.485 e. The summed E-state index contributed by atoms with van der Waals surface area (Å²) in [6.07, 6.45) is 0. The highest BCUT2D eigenvalue weighted by molar-refractivity contribution is 7.98. The smallest absolute Gasteiger partial charge is 0.247 e. The Morgan fingerprint density at radius 3 is 2.33 bits per heavy atom. The van der Waals surface area contributed by atoms with Crippen LogP contribution in [0.3, 0.4) is 0 Å². The summed E-state index contributed by atoms with van der Waals surface area (Å²) >= 11 is 1.49. The highest BCUT2D eigenvalue weighted by Crippen LogP contribution is 2.27. The lowest BCUT2D eigenvalue weighted by atomic mass is 10.2. The zero-order valence-electron chi connectivity index (χ0n) is 18.0. The molecule has 0 unspecified atom stereocenters. The van der Waals surface area contributed by atoms with Gasteiger partial charge in [0.15, 0.2) is 11.0 Å². The molecule has 0 saturated carbocycles. The predicted molar refractivity (Wildman–Crippen MR) is 126 cm³/mol. The summed E-state index contributed by atoms with van der Waals surface area (Å²) in [6.45, 7) is 2.32. The average Bonchev–Trinajstić information content (AvgIpc) is 3.50. The third-order valence-corrected chi connectivity index (χ3v) is 5.89. The first-order valence-corrected chi connectivity index (χ1v) is 11.5. The molecule has 7 nitrogen and oxygen atoms in total. The summed E-state index contributed by atoms with van der Waals surface area (Å²) in [5.41, 5.74) is 2.93. The Balaban J connectivity index is 1.36. The quantitative estimate of drug-likeness (QED) is 0.286. The van der Waals surface area contributed by atoms with Crippen LogP contribution in [0.25, 0.3) is 17.1 Å². The van der Waals surface area contributed by atoms with E-state index in [0.717, 1.165) is 27.7 Å². The molecule has 164 valence electrons. The molecule has 0 amide bonds. The van der Waals surface area contributed by atoms with Gasteiger partial charge in [-0.25, -0.2) is 0 Å². The molecule has 2 aromatic heterocycles. The molecular formula is C25H21N5O2S. The molecule has 0 radical (unpaired) electrons. The van der Waals surface area contributed by atoms with Gasteiger partial charge in [-0.1, -0.05) is 66.4 Å². The van der Waals surface area contributed by atoms with Crippen molar-refractivity contribution in [1.82, 2.24) is 25.0 Å². The Morgan fingerprint density at radius 2 is 1.55 bits per heavy atom. The van der Waals surface area contributed by atoms with E-state index in [1.807, 2.05) is 96.4 Å². The van der Waals surface area contributed by atoms with E-state index in [1.54, 1.807) is 0 Å². The van der Waals surface area contributed by atoms with Gasteiger partial charge in [-0.3, -0.25) is 4.57 Å². The molecule has 0 fully saturated rings. The van der Waals surface area contributed by atoms with E-state index in [0.29, 0.717) is 30.0 Å². The molecule has 8 heteroatoms. The van der Waals surface area contributed by atoms with E-state index in [-0.39, 0.29) is 0 Å². The molecule has 0 aliphatic heterocycles. The lowest BCUT2D eigenvalue weighted by Gasteiger charge is -2.11. The van der Waals surface area contributed by atoms with Gasteiger partial charge in [-0.2, -0.15) is 0 Å². The van der Waals surface area contributed by atoms with E-state index >= 15 is 0 Å². The van der Waals surface area contributed by atoms with Crippen molar-refractivity contribution in [3.05, 3.63) is 102 Å². The molecule has 33 heavy (non-hydrogen) atoms. The summed E-state index contributed by atoms with van der Waals surface area (Å²) in [5, 5.41) is 17.9. The molecule has 5 aromatic rings. The fraction of sp³-hybridized carbons (Fsp3) is 0.120. The SMILES string of the molecule is Cc1ccccc1OCc1nnc(SCc2nnc(-c3ccccc3)o2)n1-c1ccccc1. The molecule has 0 aliphatic rings. The minimum Gasteiger partial charge on any atom is -0.485 e. The fourth-order valence-electron chi connectivity index (χ4n) is 3.32. The van der Waals surface area contributed by atoms with Gasteiger partial charge >= 0.3 is 0 Å². The van der Waals surface area contributed by atoms with Gasteiger partial charge in [-0.05, 0) is 42.8 Å². The standard InChI is InChI=1S/C25H21N5O2S/c1-18-10-8-9-15-21(18)31-16-22-26-29-25(30(22)20-13-6-3-7-14-20)33-17-23-27-28-24(32-23)19-11-4-2-5-12-19/h2-15H,16-17H2,1H3. The van der Waals surface area contributed by atoms with Crippen molar-refractivity contribution in [3.8, 4) is 22.9 Å². The monoisotopic (exact) mass is 455 g/mol. The molecule has 5 rings (SSSR count). The van der Waals surface area contributed by atoms with Crippen LogP contribution in [0.2, 0.25) is 0 Å². The highest BCUT2D eigenvalue weighted by atomic mass is 32.2. The van der Waals surface area contributed by atoms with Crippen LogP contribution in [0.5, 0.6) is 5.75 Å². The molecular weight excluding hydrogens is 434 g/mol. The van der Waals surface area contributed by atoms with Crippen molar-refractivity contribution in [2.75, 3.05) is 0 Å². The molecule has 0 aliphatic carbocycles. The summed E-state index contributed by atoms with van der Waals surface area (Å²) in [4.78, 5) is 0. The summed E-state index contributed by atoms with van der Waals surface area (Å²) in [7, 11) is 0. The van der Waals surface area contributed by atoms with Crippen LogP contribution >= 0.6 is 11.8 Å². The molecule has 0 N–H and O–H groups in total. The Morgan fingerprint density at radius 1 is 0.818 bits per heavy atom. The summed E-state index contributed by atoms with van der Waals surface area (Å²) in [5.74, 6) is 3.04. The van der Waals surface area contributed by atoms with Gasteiger partial charge in [0, 0.05) is 11.3 Å². The summed E-state index contributed by atoms with van der Waals surface area (Å²) in [6, 6.07) is 27.6. The number of thioether (sulfide) groups is 1. The zero-order valence-corrected chi connectivity index (χ0v) is 18.8. The molecule has 0 spiro atoms. The second-order valence-electron chi connectivity index (χ2n) is 7.28. The number of ether oxygens (including phenoxy) is 1. The average molecular weight is 456 g/mol. The normalized spacial score (nSPS) is 10.9. The van der Waals surface area contributed by atoms with Gasteiger partial charge in [-0.15, -0.1) is 20.4 Å². The lowest BCUT2D eigenvalue weighted by Crippen LogP contribution is -2.07. The first kappa shape index (κ1) is 21.0. The number of para-hydroxylation sites is 2. The van der Waals surface area contributed by atoms with Crippen LogP contribution in [-0.2, 0) is 12.4 Å². The fourth-order valence-corrected chi connectivity index (χ4v) is 4.13. The highest BCUT2D eigenvalue weighted by Gasteiger charge is 2.17. The van der Waals surface area contributed by atoms with Gasteiger partial charge in [0.2, 0.25) is 11.8 Å². The number of hydrogen-bond donors (Lipinski definition) is 0. The van der Waals surface area contributed by atoms with Gasteiger partial charge < -0.3 is 9.15 Å². The van der Waals surface area contributed by atoms with Crippen molar-refractivity contribution in [2.45, 2.75) is 24.4 Å². The van der Waals surface area contributed by atoms with Crippen molar-refractivity contribution in [1.29, 1.82) is 0 Å². The van der Waals surface area contributed by atoms with Crippen molar-refractivity contribution in [3.63, 3.8) is 0 Å². The second-order valence-corrected chi connectivity index (χ2v) is 8.22. The van der Waals surface area contributed by atoms with Crippen molar-refractivity contribution >= 4 is 11.8 Å². The van der Waals surface area contributed by atoms with Crippen LogP contribution < -0.4 is 4.74 Å². The number of aromatic nitrogens is 5. The molecule has 0 bridgehead atoms. The van der Waals surface area contributed by atoms with E-state index in [9.17, 15) is 0 Å². The third-order valence-electron chi connectivity index (χ3n) is 4.98. The lowest BCUT2D eigenvalue weighted by molar-refractivity contribution is 0.291. The summed E-state index contributed by atoms with van der Waals surface area (Å²) < 4.78 is 13.9. The molecule has 2 heterocycles. The number of rotatable bonds is 8. The minimum atomic E-state index is 0.298. The molecule has 0 atom stereocenters. The molecule has 3 aromatic carbocycles. The van der Waals surface area contributed by atoms with Crippen molar-refractivity contribution in [2.24, 2.45) is 0 Å². The van der Waals surface area contributed by atoms with E-state index < -0.39 is 0 Å². The zero-order chi connectivity index (χ0) is 22.5. The number of aryl methyl sites for hydroxylation is 1. The van der Waals surface area contributed by atoms with E-state index in [2.05, 4.69) is 20.4 Å². The van der Waals surface area contributed by atoms with Crippen LogP contribution in [0.1, 0.15) is 17.3 Å². The first-order chi connectivity index (χ1) is 16.3. The van der Waals surface area contributed by atoms with E-state index in [1.165, 1.54) is 11.8 Å². The topological polar surface area (TPSA) is 78.9 Å². The van der Waals surface area contributed by atoms with Gasteiger partial charge in [0.1, 0.15) is 12.4 Å². The Kier molecular flexibility index (Phi) is 6.16. The second kappa shape index (κ2) is 9.70. The Labute approximate surface area is 195 Å². The van der Waals surface area contributed by atoms with Crippen LogP contribution in [-0.4, -0.2) is 25.0 Å². The molecule has 0 saturated heterocycles. The van der Waals surface area contributed by atoms with Crippen LogP contribution in [0.15, 0.2) is 94.5 Å². The number of nitrogens with zero attached hydrogens (tertiary/aromatic N) is 5. The first-order valence-electron chi connectivity index (χ1n) is 10.5. The number of benzene rings is 3. The maximum absolute atomic E-state index is 6.04. The third kappa shape index (κ3) is 4.80. The maximum Gasteiger partial charge on any atom is 0.247 e. The Hall–Kier alpha value is -3.91. The Bertz CT molecular complexity index is 1340. The van der Waals surface area contributed by atoms with Crippen molar-refractivity contribution < 1.29 is 9.15 Å². The van der Waals surface area contributed by atoms with Gasteiger partial charge in [0.05, 0.1) is 5.75 Å². The van der Waals surface area contributed by atoms with Gasteiger partial charge in [0.25, 0.3) is 0 Å². The van der Waals surface area contributed by atoms with E-state index in [4.69, 9.17) is 9.15 Å². The number of hydrogen-bond acceptors (Lipinski definition) is 7. The van der Waals surface area contributed by atoms with Crippen LogP contribution in [0, 0.1) is 6.92 Å². The maximum atomic E-state index is 6.04. The minimum absolute atomic E-state index is 0.298. The van der Waals surface area contributed by atoms with Crippen LogP contribution in [0.4, 0.5) is 0 Å².